The second-order valence-corrected chi connectivity index (χ2v) is 9.40. The Hall–Kier alpha value is -2.79. The van der Waals surface area contributed by atoms with Crippen LogP contribution in [-0.4, -0.2) is 36.3 Å². The number of aryl methyl sites for hydroxylation is 1. The molecule has 154 valence electrons. The molecule has 3 rings (SSSR count). The lowest BCUT2D eigenvalue weighted by molar-refractivity contribution is -0.384. The van der Waals surface area contributed by atoms with Crippen LogP contribution in [0.25, 0.3) is 10.7 Å². The molecular formula is C18H20N4O5S2. The Morgan fingerprint density at radius 3 is 2.76 bits per heavy atom. The van der Waals surface area contributed by atoms with E-state index in [2.05, 4.69) is 15.5 Å². The van der Waals surface area contributed by atoms with Crippen molar-refractivity contribution in [2.24, 2.45) is 0 Å². The molecule has 0 fully saturated rings. The number of rotatable bonds is 10. The van der Waals surface area contributed by atoms with Crippen molar-refractivity contribution in [2.45, 2.75) is 30.6 Å². The van der Waals surface area contributed by atoms with Crippen molar-refractivity contribution in [1.82, 2.24) is 10.1 Å². The van der Waals surface area contributed by atoms with Crippen LogP contribution in [0.5, 0.6) is 0 Å². The van der Waals surface area contributed by atoms with E-state index >= 15 is 0 Å². The van der Waals surface area contributed by atoms with Crippen molar-refractivity contribution < 1.29 is 17.9 Å². The van der Waals surface area contributed by atoms with Gasteiger partial charge in [-0.25, -0.2) is 8.42 Å². The molecule has 0 saturated heterocycles. The number of benzene rings is 1. The summed E-state index contributed by atoms with van der Waals surface area (Å²) in [4.78, 5) is 15.9. The number of nitro groups is 1. The van der Waals surface area contributed by atoms with E-state index in [-0.39, 0.29) is 10.6 Å². The summed E-state index contributed by atoms with van der Waals surface area (Å²) in [6.07, 6.45) is 4.20. The highest BCUT2D eigenvalue weighted by atomic mass is 32.2. The van der Waals surface area contributed by atoms with Crippen LogP contribution in [0, 0.1) is 10.1 Å². The van der Waals surface area contributed by atoms with Crippen LogP contribution in [0.3, 0.4) is 0 Å². The number of hydrogen-bond acceptors (Lipinski definition) is 9. The van der Waals surface area contributed by atoms with Crippen molar-refractivity contribution >= 4 is 32.5 Å². The number of nitrogens with zero attached hydrogens (tertiary/aromatic N) is 3. The Bertz CT molecular complexity index is 1080. The predicted octanol–water partition coefficient (Wildman–Crippen LogP) is 3.93. The minimum absolute atomic E-state index is 0.0729. The number of anilines is 1. The van der Waals surface area contributed by atoms with Gasteiger partial charge in [0.1, 0.15) is 5.69 Å². The third kappa shape index (κ3) is 5.61. The van der Waals surface area contributed by atoms with E-state index in [0.29, 0.717) is 30.4 Å². The molecule has 2 heterocycles. The number of thiophene rings is 1. The quantitative estimate of drug-likeness (QED) is 0.287. The van der Waals surface area contributed by atoms with Gasteiger partial charge in [0.25, 0.3) is 5.69 Å². The average molecular weight is 437 g/mol. The molecular weight excluding hydrogens is 416 g/mol. The molecule has 1 aromatic carbocycles. The summed E-state index contributed by atoms with van der Waals surface area (Å²) in [5.41, 5.74) is 0.0554. The summed E-state index contributed by atoms with van der Waals surface area (Å²) in [6.45, 7) is 0.531. The highest BCUT2D eigenvalue weighted by molar-refractivity contribution is 7.90. The summed E-state index contributed by atoms with van der Waals surface area (Å²) in [6, 6.07) is 7.75. The summed E-state index contributed by atoms with van der Waals surface area (Å²) >= 11 is 1.55. The van der Waals surface area contributed by atoms with Gasteiger partial charge in [0.2, 0.25) is 11.7 Å². The fourth-order valence-corrected chi connectivity index (χ4v) is 4.00. The Labute approximate surface area is 171 Å². The minimum Gasteiger partial charge on any atom is -0.379 e. The van der Waals surface area contributed by atoms with Crippen molar-refractivity contribution in [1.29, 1.82) is 0 Å². The van der Waals surface area contributed by atoms with E-state index in [4.69, 9.17) is 4.52 Å². The summed E-state index contributed by atoms with van der Waals surface area (Å²) in [7, 11) is -3.50. The predicted molar refractivity (Wildman–Crippen MR) is 110 cm³/mol. The van der Waals surface area contributed by atoms with Crippen LogP contribution in [0.15, 0.2) is 45.1 Å². The average Bonchev–Trinajstić information content (AvgIpc) is 3.35. The van der Waals surface area contributed by atoms with Crippen LogP contribution in [0.4, 0.5) is 11.4 Å². The molecule has 0 spiro atoms. The van der Waals surface area contributed by atoms with Gasteiger partial charge in [-0.2, -0.15) is 4.98 Å². The van der Waals surface area contributed by atoms with E-state index in [1.807, 2.05) is 17.5 Å². The van der Waals surface area contributed by atoms with Crippen molar-refractivity contribution in [3.05, 3.63) is 51.7 Å². The van der Waals surface area contributed by atoms with Crippen molar-refractivity contribution in [2.75, 3.05) is 18.1 Å². The van der Waals surface area contributed by atoms with Crippen LogP contribution in [0.2, 0.25) is 0 Å². The number of aromatic nitrogens is 2. The molecule has 0 aliphatic heterocycles. The second kappa shape index (κ2) is 9.14. The highest BCUT2D eigenvalue weighted by Crippen LogP contribution is 2.27. The topological polar surface area (TPSA) is 128 Å². The molecule has 2 aromatic heterocycles. The van der Waals surface area contributed by atoms with E-state index in [0.717, 1.165) is 36.5 Å². The molecule has 0 aliphatic carbocycles. The highest BCUT2D eigenvalue weighted by Gasteiger charge is 2.18. The first kappa shape index (κ1) is 20.9. The maximum atomic E-state index is 11.6. The standard InChI is InChI=1S/C18H20N4O5S2/c1-29(25,26)13-8-9-14(15(12-13)22(23)24)19-10-4-2-3-7-17-20-18(21-27-17)16-6-5-11-28-16/h5-6,8-9,11-12,19H,2-4,7,10H2,1H3. The fraction of sp³-hybridized carbons (Fsp3) is 0.333. The van der Waals surface area contributed by atoms with Gasteiger partial charge in [-0.15, -0.1) is 11.3 Å². The number of hydrogen-bond donors (Lipinski definition) is 1. The number of unbranched alkanes of at least 4 members (excludes halogenated alkanes) is 2. The molecule has 0 saturated carbocycles. The van der Waals surface area contributed by atoms with E-state index < -0.39 is 14.8 Å². The maximum absolute atomic E-state index is 11.6. The summed E-state index contributed by atoms with van der Waals surface area (Å²) in [5.74, 6) is 1.19. The monoisotopic (exact) mass is 436 g/mol. The van der Waals surface area contributed by atoms with Gasteiger partial charge in [-0.05, 0) is 36.4 Å². The molecule has 0 unspecified atom stereocenters. The normalized spacial score (nSPS) is 11.5. The van der Waals surface area contributed by atoms with Crippen molar-refractivity contribution in [3.63, 3.8) is 0 Å². The zero-order valence-corrected chi connectivity index (χ0v) is 17.3. The van der Waals surface area contributed by atoms with Gasteiger partial charge < -0.3 is 9.84 Å². The third-order valence-corrected chi connectivity index (χ3v) is 6.16. The first-order valence-corrected chi connectivity index (χ1v) is 11.7. The van der Waals surface area contributed by atoms with Crippen molar-refractivity contribution in [3.8, 4) is 10.7 Å². The smallest absolute Gasteiger partial charge is 0.293 e. The largest absolute Gasteiger partial charge is 0.379 e. The molecule has 0 aliphatic rings. The lowest BCUT2D eigenvalue weighted by atomic mass is 10.2. The van der Waals surface area contributed by atoms with Gasteiger partial charge in [0, 0.05) is 25.3 Å². The number of nitro benzene ring substituents is 1. The SMILES string of the molecule is CS(=O)(=O)c1ccc(NCCCCCc2nc(-c3cccs3)no2)c([N+](=O)[O-])c1. The molecule has 0 radical (unpaired) electrons. The molecule has 29 heavy (non-hydrogen) atoms. The van der Waals surface area contributed by atoms with E-state index in [1.54, 1.807) is 11.3 Å². The lowest BCUT2D eigenvalue weighted by Gasteiger charge is -2.08. The fourth-order valence-electron chi connectivity index (χ4n) is 2.71. The second-order valence-electron chi connectivity index (χ2n) is 6.43. The molecule has 0 bridgehead atoms. The zero-order chi connectivity index (χ0) is 20.9. The lowest BCUT2D eigenvalue weighted by Crippen LogP contribution is -2.06. The number of nitrogens with one attached hydrogen (secondary N) is 1. The Kier molecular flexibility index (Phi) is 6.60. The van der Waals surface area contributed by atoms with Gasteiger partial charge in [0.05, 0.1) is 14.7 Å². The van der Waals surface area contributed by atoms with Gasteiger partial charge in [-0.3, -0.25) is 10.1 Å². The zero-order valence-electron chi connectivity index (χ0n) is 15.7. The molecule has 1 N–H and O–H groups in total. The van der Waals surface area contributed by atoms with Crippen LogP contribution in [-0.2, 0) is 16.3 Å². The van der Waals surface area contributed by atoms with Crippen LogP contribution in [0.1, 0.15) is 25.2 Å². The van der Waals surface area contributed by atoms with E-state index in [9.17, 15) is 18.5 Å². The Morgan fingerprint density at radius 2 is 2.07 bits per heavy atom. The molecule has 0 atom stereocenters. The molecule has 9 nitrogen and oxygen atoms in total. The van der Waals surface area contributed by atoms with Gasteiger partial charge in [-0.1, -0.05) is 17.6 Å². The summed E-state index contributed by atoms with van der Waals surface area (Å²) < 4.78 is 28.4. The first-order valence-electron chi connectivity index (χ1n) is 8.93. The minimum atomic E-state index is -3.50. The molecule has 11 heteroatoms. The summed E-state index contributed by atoms with van der Waals surface area (Å²) in [5, 5.41) is 20.2. The molecule has 0 amide bonds. The van der Waals surface area contributed by atoms with E-state index in [1.165, 1.54) is 12.1 Å². The Balaban J connectivity index is 1.45. The Morgan fingerprint density at radius 1 is 1.24 bits per heavy atom. The van der Waals surface area contributed by atoms with Gasteiger partial charge >= 0.3 is 0 Å². The van der Waals surface area contributed by atoms with Gasteiger partial charge in [0.15, 0.2) is 9.84 Å². The van der Waals surface area contributed by atoms with Crippen LogP contribution >= 0.6 is 11.3 Å². The first-order chi connectivity index (χ1) is 13.8. The maximum Gasteiger partial charge on any atom is 0.293 e. The molecule has 3 aromatic rings. The number of sulfone groups is 1. The van der Waals surface area contributed by atoms with Crippen LogP contribution < -0.4 is 5.32 Å². The third-order valence-electron chi connectivity index (χ3n) is 4.19.